The molecule has 14 heavy (non-hydrogen) atoms. The molecular formula is C13H22O. The van der Waals surface area contributed by atoms with Crippen LogP contribution in [0.15, 0.2) is 12.2 Å². The van der Waals surface area contributed by atoms with E-state index in [1.54, 1.807) is 0 Å². The lowest BCUT2D eigenvalue weighted by atomic mass is 9.99. The molecule has 0 bridgehead atoms. The molecule has 1 saturated carbocycles. The highest BCUT2D eigenvalue weighted by Gasteiger charge is 2.39. The lowest BCUT2D eigenvalue weighted by Gasteiger charge is -2.05. The highest BCUT2D eigenvalue weighted by atomic mass is 16.6. The van der Waals surface area contributed by atoms with Gasteiger partial charge in [0.1, 0.15) is 6.10 Å². The second-order valence-corrected chi connectivity index (χ2v) is 4.77. The van der Waals surface area contributed by atoms with E-state index in [1.165, 1.54) is 63.4 Å². The second kappa shape index (κ2) is 4.97. The molecule has 0 aromatic heterocycles. The molecule has 2 aliphatic rings. The van der Waals surface area contributed by atoms with Crippen molar-refractivity contribution in [2.75, 3.05) is 0 Å². The first-order chi connectivity index (χ1) is 6.88. The highest BCUT2D eigenvalue weighted by Crippen LogP contribution is 2.35. The molecular weight excluding hydrogens is 172 g/mol. The van der Waals surface area contributed by atoms with Gasteiger partial charge < -0.3 is 4.74 Å². The first kappa shape index (κ1) is 10.2. The van der Waals surface area contributed by atoms with Crippen LogP contribution in [0.5, 0.6) is 0 Å². The Balaban J connectivity index is 1.76. The summed E-state index contributed by atoms with van der Waals surface area (Å²) in [6.07, 6.45) is 13.2. The highest BCUT2D eigenvalue weighted by molar-refractivity contribution is 5.12. The van der Waals surface area contributed by atoms with E-state index >= 15 is 0 Å². The van der Waals surface area contributed by atoms with Gasteiger partial charge in [0.15, 0.2) is 0 Å². The third kappa shape index (κ3) is 2.84. The van der Waals surface area contributed by atoms with Crippen molar-refractivity contribution in [3.05, 3.63) is 12.2 Å². The summed E-state index contributed by atoms with van der Waals surface area (Å²) in [5.74, 6) is 0. The molecule has 1 heterocycles. The van der Waals surface area contributed by atoms with Gasteiger partial charge in [-0.15, -0.1) is 0 Å². The Labute approximate surface area is 87.5 Å². The second-order valence-electron chi connectivity index (χ2n) is 4.77. The Kier molecular flexibility index (Phi) is 3.63. The average molecular weight is 194 g/mol. The van der Waals surface area contributed by atoms with Crippen molar-refractivity contribution in [1.29, 1.82) is 0 Å². The zero-order valence-corrected chi connectivity index (χ0v) is 9.13. The normalized spacial score (nSPS) is 35.3. The molecule has 2 fully saturated rings. The Morgan fingerprint density at radius 1 is 0.929 bits per heavy atom. The number of fused-ring (bicyclic) bond motifs is 1. The van der Waals surface area contributed by atoms with Crippen LogP contribution in [0.25, 0.3) is 0 Å². The van der Waals surface area contributed by atoms with Crippen LogP contribution in [0, 0.1) is 0 Å². The van der Waals surface area contributed by atoms with E-state index < -0.39 is 0 Å². The van der Waals surface area contributed by atoms with Gasteiger partial charge >= 0.3 is 0 Å². The molecule has 2 rings (SSSR count). The minimum absolute atomic E-state index is 0.439. The van der Waals surface area contributed by atoms with Gasteiger partial charge in [0.2, 0.25) is 0 Å². The number of rotatable bonds is 0. The molecule has 1 aliphatic carbocycles. The molecule has 1 nitrogen and oxygen atoms in total. The number of ether oxygens (including phenoxy) is 1. The van der Waals surface area contributed by atoms with Gasteiger partial charge in [0, 0.05) is 0 Å². The van der Waals surface area contributed by atoms with E-state index in [4.69, 9.17) is 4.74 Å². The summed E-state index contributed by atoms with van der Waals surface area (Å²) >= 11 is 0. The van der Waals surface area contributed by atoms with Gasteiger partial charge in [-0.05, 0) is 24.8 Å². The molecule has 80 valence electrons. The molecule has 2 atom stereocenters. The first-order valence-corrected chi connectivity index (χ1v) is 6.21. The van der Waals surface area contributed by atoms with Crippen LogP contribution in [-0.2, 0) is 4.74 Å². The maximum Gasteiger partial charge on any atom is 0.105 e. The van der Waals surface area contributed by atoms with E-state index in [0.717, 1.165) is 0 Å². The largest absolute Gasteiger partial charge is 0.365 e. The van der Waals surface area contributed by atoms with E-state index in [2.05, 4.69) is 6.58 Å². The molecule has 1 heteroatoms. The minimum Gasteiger partial charge on any atom is -0.365 e. The van der Waals surface area contributed by atoms with Crippen molar-refractivity contribution in [3.8, 4) is 0 Å². The summed E-state index contributed by atoms with van der Waals surface area (Å²) in [5.41, 5.74) is 1.36. The Morgan fingerprint density at radius 2 is 1.57 bits per heavy atom. The summed E-state index contributed by atoms with van der Waals surface area (Å²) in [5, 5.41) is 0. The van der Waals surface area contributed by atoms with Crippen molar-refractivity contribution >= 4 is 0 Å². The minimum atomic E-state index is 0.439. The lowest BCUT2D eigenvalue weighted by molar-refractivity contribution is 0.368. The fourth-order valence-electron chi connectivity index (χ4n) is 2.45. The Bertz CT molecular complexity index is 197. The lowest BCUT2D eigenvalue weighted by Crippen LogP contribution is -1.99. The van der Waals surface area contributed by atoms with Crippen LogP contribution in [0.3, 0.4) is 0 Å². The Morgan fingerprint density at radius 3 is 2.36 bits per heavy atom. The standard InChI is InChI=1S/C13H22O/c1-11-9-7-5-3-2-4-6-8-10-12-13(11)14-12/h12-13H,1-10H2. The Hall–Kier alpha value is -0.300. The predicted octanol–water partition coefficient (Wildman–Crippen LogP) is 3.83. The van der Waals surface area contributed by atoms with Crippen LogP contribution in [0.4, 0.5) is 0 Å². The molecule has 0 spiro atoms. The third-order valence-electron chi connectivity index (χ3n) is 3.47. The quantitative estimate of drug-likeness (QED) is 0.421. The zero-order chi connectivity index (χ0) is 9.80. The summed E-state index contributed by atoms with van der Waals surface area (Å²) < 4.78 is 5.64. The maximum atomic E-state index is 5.64. The van der Waals surface area contributed by atoms with E-state index in [9.17, 15) is 0 Å². The van der Waals surface area contributed by atoms with Gasteiger partial charge in [-0.2, -0.15) is 0 Å². The molecule has 1 saturated heterocycles. The SMILES string of the molecule is C=C1CCCCCCCCCC2OC12. The van der Waals surface area contributed by atoms with Crippen LogP contribution in [-0.4, -0.2) is 12.2 Å². The monoisotopic (exact) mass is 194 g/mol. The van der Waals surface area contributed by atoms with Gasteiger partial charge in [-0.25, -0.2) is 0 Å². The van der Waals surface area contributed by atoms with Crippen LogP contribution in [0.2, 0.25) is 0 Å². The van der Waals surface area contributed by atoms with Crippen molar-refractivity contribution < 1.29 is 4.74 Å². The number of epoxide rings is 1. The summed E-state index contributed by atoms with van der Waals surface area (Å²) in [6.45, 7) is 4.14. The predicted molar refractivity (Wildman–Crippen MR) is 59.4 cm³/mol. The zero-order valence-electron chi connectivity index (χ0n) is 9.13. The molecule has 2 unspecified atom stereocenters. The van der Waals surface area contributed by atoms with Gasteiger partial charge in [0.25, 0.3) is 0 Å². The summed E-state index contributed by atoms with van der Waals surface area (Å²) in [4.78, 5) is 0. The fourth-order valence-corrected chi connectivity index (χ4v) is 2.45. The van der Waals surface area contributed by atoms with Crippen LogP contribution < -0.4 is 0 Å². The third-order valence-corrected chi connectivity index (χ3v) is 3.47. The average Bonchev–Trinajstić information content (AvgIpc) is 2.92. The van der Waals surface area contributed by atoms with E-state index in [1.807, 2.05) is 0 Å². The van der Waals surface area contributed by atoms with Crippen molar-refractivity contribution in [1.82, 2.24) is 0 Å². The summed E-state index contributed by atoms with van der Waals surface area (Å²) in [7, 11) is 0. The topological polar surface area (TPSA) is 12.5 Å². The van der Waals surface area contributed by atoms with E-state index in [-0.39, 0.29) is 0 Å². The van der Waals surface area contributed by atoms with Crippen molar-refractivity contribution in [2.24, 2.45) is 0 Å². The molecule has 0 aromatic rings. The smallest absolute Gasteiger partial charge is 0.105 e. The van der Waals surface area contributed by atoms with Gasteiger partial charge in [-0.1, -0.05) is 45.1 Å². The fraction of sp³-hybridized carbons (Fsp3) is 0.846. The van der Waals surface area contributed by atoms with Gasteiger partial charge in [-0.3, -0.25) is 0 Å². The molecule has 0 amide bonds. The molecule has 0 aromatic carbocycles. The van der Waals surface area contributed by atoms with Crippen molar-refractivity contribution in [2.45, 2.75) is 70.0 Å². The number of hydrogen-bond acceptors (Lipinski definition) is 1. The van der Waals surface area contributed by atoms with Crippen LogP contribution in [0.1, 0.15) is 57.8 Å². The summed E-state index contributed by atoms with van der Waals surface area (Å²) in [6, 6.07) is 0. The maximum absolute atomic E-state index is 5.64. The van der Waals surface area contributed by atoms with Gasteiger partial charge in [0.05, 0.1) is 6.10 Å². The molecule has 1 aliphatic heterocycles. The molecule has 0 N–H and O–H groups in total. The van der Waals surface area contributed by atoms with Crippen molar-refractivity contribution in [3.63, 3.8) is 0 Å². The van der Waals surface area contributed by atoms with E-state index in [0.29, 0.717) is 12.2 Å². The number of hydrogen-bond donors (Lipinski definition) is 0. The molecule has 0 radical (unpaired) electrons. The first-order valence-electron chi connectivity index (χ1n) is 6.21. The van der Waals surface area contributed by atoms with Crippen LogP contribution >= 0.6 is 0 Å².